The van der Waals surface area contributed by atoms with Crippen LogP contribution in [0.3, 0.4) is 0 Å². The minimum atomic E-state index is -0.0979. The molecule has 2 rings (SSSR count). The molecule has 0 spiro atoms. The second kappa shape index (κ2) is 4.14. The second-order valence-electron chi connectivity index (χ2n) is 5.70. The van der Waals surface area contributed by atoms with Crippen LogP contribution in [0.5, 0.6) is 0 Å². The number of nitrogens with two attached hydrogens (primary N) is 1. The number of hydrogen-bond donors (Lipinski definition) is 1. The average molecular weight is 272 g/mol. The maximum Gasteiger partial charge on any atom is 0.181 e. The van der Waals surface area contributed by atoms with Gasteiger partial charge in [-0.3, -0.25) is 0 Å². The lowest BCUT2D eigenvalue weighted by atomic mass is 10.0. The number of thiazole rings is 1. The van der Waals surface area contributed by atoms with E-state index < -0.39 is 0 Å². The number of aryl methyl sites for hydroxylation is 1. The topological polar surface area (TPSA) is 48.1 Å². The Kier molecular flexibility index (Phi) is 3.21. The molecule has 0 bridgehead atoms. The highest BCUT2D eigenvalue weighted by Crippen LogP contribution is 2.47. The number of thioether (sulfide) groups is 1. The monoisotopic (exact) mass is 272 g/mol. The first kappa shape index (κ1) is 13.2. The Morgan fingerprint density at radius 2 is 2.06 bits per heavy atom. The van der Waals surface area contributed by atoms with Crippen molar-refractivity contribution in [3.63, 3.8) is 0 Å². The molecule has 5 heteroatoms. The third kappa shape index (κ3) is 2.77. The van der Waals surface area contributed by atoms with Crippen LogP contribution in [0, 0.1) is 6.92 Å². The van der Waals surface area contributed by atoms with Gasteiger partial charge >= 0.3 is 0 Å². The predicted molar refractivity (Wildman–Crippen MR) is 74.8 cm³/mol. The molecule has 1 aliphatic heterocycles. The summed E-state index contributed by atoms with van der Waals surface area (Å²) in [7, 11) is 0. The molecule has 0 aliphatic carbocycles. The molecule has 1 aliphatic rings. The van der Waals surface area contributed by atoms with Gasteiger partial charge in [-0.1, -0.05) is 11.3 Å². The summed E-state index contributed by atoms with van der Waals surface area (Å²) in [5.74, 6) is 0. The first-order valence-electron chi connectivity index (χ1n) is 5.79. The fourth-order valence-electron chi connectivity index (χ4n) is 2.34. The molecule has 96 valence electrons. The third-order valence-corrected chi connectivity index (χ3v) is 5.86. The largest absolute Gasteiger partial charge is 0.375 e. The van der Waals surface area contributed by atoms with Gasteiger partial charge in [0, 0.05) is 5.25 Å². The van der Waals surface area contributed by atoms with E-state index >= 15 is 0 Å². The summed E-state index contributed by atoms with van der Waals surface area (Å²) < 4.78 is 7.32. The van der Waals surface area contributed by atoms with E-state index in [1.807, 2.05) is 18.7 Å². The van der Waals surface area contributed by atoms with Gasteiger partial charge in [0.1, 0.15) is 0 Å². The number of hydrogen-bond acceptors (Lipinski definition) is 5. The zero-order valence-electron chi connectivity index (χ0n) is 11.0. The van der Waals surface area contributed by atoms with Crippen molar-refractivity contribution in [2.24, 2.45) is 0 Å². The van der Waals surface area contributed by atoms with Gasteiger partial charge in [-0.05, 0) is 41.0 Å². The number of nitrogens with zero attached hydrogens (tertiary/aromatic N) is 1. The van der Waals surface area contributed by atoms with E-state index in [9.17, 15) is 0 Å². The summed E-state index contributed by atoms with van der Waals surface area (Å²) in [6.45, 7) is 10.7. The molecule has 1 atom stereocenters. The van der Waals surface area contributed by atoms with Crippen molar-refractivity contribution in [2.75, 3.05) is 5.73 Å². The summed E-state index contributed by atoms with van der Waals surface area (Å²) in [4.78, 5) is 4.27. The summed E-state index contributed by atoms with van der Waals surface area (Å²) in [5.41, 5.74) is 6.64. The Hall–Kier alpha value is -0.260. The summed E-state index contributed by atoms with van der Waals surface area (Å²) >= 11 is 3.44. The number of aromatic nitrogens is 1. The molecule has 2 N–H and O–H groups in total. The maximum absolute atomic E-state index is 6.10. The zero-order valence-corrected chi connectivity index (χ0v) is 12.7. The quantitative estimate of drug-likeness (QED) is 0.895. The van der Waals surface area contributed by atoms with Gasteiger partial charge < -0.3 is 10.5 Å². The number of nitrogen functional groups attached to an aromatic ring is 1. The molecule has 1 aromatic rings. The van der Waals surface area contributed by atoms with Gasteiger partial charge in [-0.2, -0.15) is 0 Å². The molecular formula is C12H20N2OS2. The van der Waals surface area contributed by atoms with Gasteiger partial charge in [0.15, 0.2) is 5.13 Å². The molecule has 1 aromatic heterocycles. The number of anilines is 1. The standard InChI is InChI=1S/C12H20N2OS2/c1-7-9(17-10(13)14-7)16-8-6-11(2,3)15-12(8,4)5/h8H,6H2,1-5H3,(H2,13,14). The Labute approximate surface area is 111 Å². The predicted octanol–water partition coefficient (Wildman–Crippen LogP) is 3.47. The van der Waals surface area contributed by atoms with Crippen LogP contribution in [0.1, 0.15) is 39.8 Å². The first-order valence-corrected chi connectivity index (χ1v) is 7.49. The van der Waals surface area contributed by atoms with Gasteiger partial charge in [-0.15, -0.1) is 11.8 Å². The molecule has 0 saturated carbocycles. The van der Waals surface area contributed by atoms with Crippen LogP contribution in [0.4, 0.5) is 5.13 Å². The molecule has 3 nitrogen and oxygen atoms in total. The van der Waals surface area contributed by atoms with Crippen molar-refractivity contribution in [3.8, 4) is 0 Å². The van der Waals surface area contributed by atoms with Gasteiger partial charge in [0.05, 0.1) is 21.1 Å². The van der Waals surface area contributed by atoms with Gasteiger partial charge in [0.2, 0.25) is 0 Å². The van der Waals surface area contributed by atoms with Crippen molar-refractivity contribution in [1.29, 1.82) is 0 Å². The fraction of sp³-hybridized carbons (Fsp3) is 0.750. The molecular weight excluding hydrogens is 252 g/mol. The number of ether oxygens (including phenoxy) is 1. The molecule has 0 amide bonds. The highest BCUT2D eigenvalue weighted by Gasteiger charge is 2.46. The molecule has 1 unspecified atom stereocenters. The smallest absolute Gasteiger partial charge is 0.181 e. The van der Waals surface area contributed by atoms with Crippen molar-refractivity contribution in [1.82, 2.24) is 4.98 Å². The van der Waals surface area contributed by atoms with Crippen LogP contribution in [-0.2, 0) is 4.74 Å². The van der Waals surface area contributed by atoms with E-state index in [1.165, 1.54) is 4.21 Å². The zero-order chi connectivity index (χ0) is 12.8. The second-order valence-corrected chi connectivity index (χ2v) is 8.20. The third-order valence-electron chi connectivity index (χ3n) is 3.01. The van der Waals surface area contributed by atoms with E-state index in [2.05, 4.69) is 32.7 Å². The maximum atomic E-state index is 6.10. The first-order chi connectivity index (χ1) is 7.70. The van der Waals surface area contributed by atoms with Crippen molar-refractivity contribution < 1.29 is 4.74 Å². The number of rotatable bonds is 2. The van der Waals surface area contributed by atoms with Crippen LogP contribution in [0.25, 0.3) is 0 Å². The Balaban J connectivity index is 2.17. The molecule has 1 saturated heterocycles. The van der Waals surface area contributed by atoms with Gasteiger partial charge in [-0.25, -0.2) is 4.98 Å². The Bertz CT molecular complexity index is 426. The minimum absolute atomic E-state index is 0.0364. The van der Waals surface area contributed by atoms with Crippen LogP contribution < -0.4 is 5.73 Å². The van der Waals surface area contributed by atoms with Crippen LogP contribution in [0.2, 0.25) is 0 Å². The normalized spacial score (nSPS) is 26.3. The van der Waals surface area contributed by atoms with Gasteiger partial charge in [0.25, 0.3) is 0 Å². The Morgan fingerprint density at radius 3 is 2.47 bits per heavy atom. The molecule has 17 heavy (non-hydrogen) atoms. The van der Waals surface area contributed by atoms with E-state index in [1.54, 1.807) is 11.3 Å². The molecule has 0 radical (unpaired) electrons. The molecule has 1 fully saturated rings. The van der Waals surface area contributed by atoms with Crippen LogP contribution in [-0.4, -0.2) is 21.4 Å². The minimum Gasteiger partial charge on any atom is -0.375 e. The highest BCUT2D eigenvalue weighted by molar-refractivity contribution is 8.01. The van der Waals surface area contributed by atoms with E-state index in [0.717, 1.165) is 12.1 Å². The van der Waals surface area contributed by atoms with Crippen LogP contribution >= 0.6 is 23.1 Å². The Morgan fingerprint density at radius 1 is 1.41 bits per heavy atom. The van der Waals surface area contributed by atoms with E-state index in [-0.39, 0.29) is 11.2 Å². The highest BCUT2D eigenvalue weighted by atomic mass is 32.2. The summed E-state index contributed by atoms with van der Waals surface area (Å²) in [6, 6.07) is 0. The van der Waals surface area contributed by atoms with Crippen molar-refractivity contribution >= 4 is 28.2 Å². The molecule has 2 heterocycles. The summed E-state index contributed by atoms with van der Waals surface area (Å²) in [6.07, 6.45) is 1.06. The van der Waals surface area contributed by atoms with Crippen molar-refractivity contribution in [3.05, 3.63) is 5.69 Å². The van der Waals surface area contributed by atoms with E-state index in [4.69, 9.17) is 10.5 Å². The lowest BCUT2D eigenvalue weighted by Gasteiger charge is -2.26. The van der Waals surface area contributed by atoms with Crippen molar-refractivity contribution in [2.45, 2.75) is 61.7 Å². The average Bonchev–Trinajstić information content (AvgIpc) is 2.50. The fourth-order valence-corrected chi connectivity index (χ4v) is 4.99. The van der Waals surface area contributed by atoms with Crippen LogP contribution in [0.15, 0.2) is 4.21 Å². The lowest BCUT2D eigenvalue weighted by molar-refractivity contribution is -0.0631. The van der Waals surface area contributed by atoms with E-state index in [0.29, 0.717) is 10.4 Å². The molecule has 0 aromatic carbocycles. The lowest BCUT2D eigenvalue weighted by Crippen LogP contribution is -2.30. The SMILES string of the molecule is Cc1nc(N)sc1SC1CC(C)(C)OC1(C)C. The summed E-state index contributed by atoms with van der Waals surface area (Å²) in [5, 5.41) is 1.11.